The van der Waals surface area contributed by atoms with Gasteiger partial charge in [-0.1, -0.05) is 17.7 Å². The number of ether oxygens (including phenoxy) is 3. The molecule has 0 saturated carbocycles. The number of hydrogen-bond acceptors (Lipinski definition) is 6. The van der Waals surface area contributed by atoms with Crippen LogP contribution in [0.1, 0.15) is 18.1 Å². The van der Waals surface area contributed by atoms with Gasteiger partial charge in [0.1, 0.15) is 19.0 Å². The number of aryl methyl sites for hydroxylation is 1. The topological polar surface area (TPSA) is 89.1 Å². The first-order chi connectivity index (χ1) is 14.4. The Morgan fingerprint density at radius 2 is 1.87 bits per heavy atom. The van der Waals surface area contributed by atoms with Gasteiger partial charge in [0.05, 0.1) is 13.2 Å². The monoisotopic (exact) mass is 413 g/mol. The summed E-state index contributed by atoms with van der Waals surface area (Å²) in [7, 11) is 3.44. The van der Waals surface area contributed by atoms with Gasteiger partial charge in [0, 0.05) is 23.9 Å². The summed E-state index contributed by atoms with van der Waals surface area (Å²) in [6.45, 7) is 5.20. The molecule has 0 unspecified atom stereocenters. The van der Waals surface area contributed by atoms with E-state index in [4.69, 9.17) is 14.2 Å². The van der Waals surface area contributed by atoms with Crippen LogP contribution in [0.15, 0.2) is 36.4 Å². The molecule has 1 heterocycles. The number of urea groups is 1. The number of methoxy groups -OCH3 is 1. The number of benzene rings is 2. The van der Waals surface area contributed by atoms with E-state index in [0.717, 1.165) is 16.9 Å². The summed E-state index contributed by atoms with van der Waals surface area (Å²) in [5, 5.41) is 5.03. The average molecular weight is 413 g/mol. The normalized spacial score (nSPS) is 13.5. The van der Waals surface area contributed by atoms with E-state index in [2.05, 4.69) is 10.6 Å². The summed E-state index contributed by atoms with van der Waals surface area (Å²) in [6, 6.07) is 9.85. The quantitative estimate of drug-likeness (QED) is 0.757. The summed E-state index contributed by atoms with van der Waals surface area (Å²) in [4.78, 5) is 26.7. The van der Waals surface area contributed by atoms with Gasteiger partial charge in [0.15, 0.2) is 11.5 Å². The summed E-state index contributed by atoms with van der Waals surface area (Å²) >= 11 is 0. The predicted octanol–water partition coefficient (Wildman–Crippen LogP) is 2.94. The molecule has 0 radical (unpaired) electrons. The lowest BCUT2D eigenvalue weighted by atomic mass is 10.1. The van der Waals surface area contributed by atoms with Crippen LogP contribution in [0.25, 0.3) is 0 Å². The molecule has 3 rings (SSSR count). The number of nitrogens with zero attached hydrogens (tertiary/aromatic N) is 1. The SMILES string of the molecule is COc1ccc(C)cc1CN(C)[C@H](C)C(=O)NC(=O)Nc1ccc2c(c1)OCCO2. The van der Waals surface area contributed by atoms with Crippen LogP contribution in [0.4, 0.5) is 10.5 Å². The number of nitrogens with one attached hydrogen (secondary N) is 2. The number of amides is 3. The highest BCUT2D eigenvalue weighted by atomic mass is 16.6. The Morgan fingerprint density at radius 1 is 1.13 bits per heavy atom. The summed E-state index contributed by atoms with van der Waals surface area (Å²) < 4.78 is 16.4. The van der Waals surface area contributed by atoms with E-state index in [9.17, 15) is 9.59 Å². The van der Waals surface area contributed by atoms with Crippen LogP contribution in [0.2, 0.25) is 0 Å². The number of likely N-dealkylation sites (N-methyl/N-ethyl adjacent to an activating group) is 1. The molecule has 30 heavy (non-hydrogen) atoms. The first kappa shape index (κ1) is 21.4. The van der Waals surface area contributed by atoms with Crippen molar-refractivity contribution < 1.29 is 23.8 Å². The molecule has 1 aliphatic rings. The highest BCUT2D eigenvalue weighted by Crippen LogP contribution is 2.32. The molecule has 8 nitrogen and oxygen atoms in total. The number of carbonyl (C=O) groups is 2. The van der Waals surface area contributed by atoms with E-state index >= 15 is 0 Å². The van der Waals surface area contributed by atoms with Gasteiger partial charge in [-0.3, -0.25) is 15.0 Å². The van der Waals surface area contributed by atoms with Gasteiger partial charge in [0.25, 0.3) is 0 Å². The third-order valence-corrected chi connectivity index (χ3v) is 4.93. The van der Waals surface area contributed by atoms with Crippen molar-refractivity contribution in [1.82, 2.24) is 10.2 Å². The first-order valence-corrected chi connectivity index (χ1v) is 9.72. The van der Waals surface area contributed by atoms with E-state index in [-0.39, 0.29) is 0 Å². The predicted molar refractivity (Wildman–Crippen MR) is 113 cm³/mol. The molecular formula is C22H27N3O5. The first-order valence-electron chi connectivity index (χ1n) is 9.72. The number of rotatable bonds is 6. The van der Waals surface area contributed by atoms with Gasteiger partial charge < -0.3 is 19.5 Å². The number of anilines is 1. The van der Waals surface area contributed by atoms with E-state index in [0.29, 0.717) is 36.9 Å². The Hall–Kier alpha value is -3.26. The maximum atomic E-state index is 12.5. The van der Waals surface area contributed by atoms with Crippen LogP contribution in [-0.4, -0.2) is 50.3 Å². The van der Waals surface area contributed by atoms with Crippen molar-refractivity contribution in [2.24, 2.45) is 0 Å². The zero-order valence-electron chi connectivity index (χ0n) is 17.7. The maximum Gasteiger partial charge on any atom is 0.325 e. The smallest absolute Gasteiger partial charge is 0.325 e. The zero-order chi connectivity index (χ0) is 21.7. The van der Waals surface area contributed by atoms with Crippen LogP contribution in [0.3, 0.4) is 0 Å². The van der Waals surface area contributed by atoms with Gasteiger partial charge >= 0.3 is 6.03 Å². The van der Waals surface area contributed by atoms with E-state index in [1.54, 1.807) is 32.2 Å². The van der Waals surface area contributed by atoms with Crippen molar-refractivity contribution in [3.63, 3.8) is 0 Å². The van der Waals surface area contributed by atoms with Crippen molar-refractivity contribution in [3.8, 4) is 17.2 Å². The minimum Gasteiger partial charge on any atom is -0.496 e. The lowest BCUT2D eigenvalue weighted by Gasteiger charge is -2.24. The molecule has 1 aliphatic heterocycles. The molecule has 8 heteroatoms. The molecule has 0 fully saturated rings. The number of fused-ring (bicyclic) bond motifs is 1. The van der Waals surface area contributed by atoms with Crippen LogP contribution < -0.4 is 24.8 Å². The van der Waals surface area contributed by atoms with Gasteiger partial charge in [-0.15, -0.1) is 0 Å². The summed E-state index contributed by atoms with van der Waals surface area (Å²) in [5.41, 5.74) is 2.59. The van der Waals surface area contributed by atoms with Crippen LogP contribution in [0.5, 0.6) is 17.2 Å². The fourth-order valence-corrected chi connectivity index (χ4v) is 3.14. The Balaban J connectivity index is 1.57. The Kier molecular flexibility index (Phi) is 6.79. The Bertz CT molecular complexity index is 931. The largest absolute Gasteiger partial charge is 0.496 e. The van der Waals surface area contributed by atoms with Crippen LogP contribution in [-0.2, 0) is 11.3 Å². The molecule has 0 aromatic heterocycles. The standard InChI is InChI=1S/C22H27N3O5/c1-14-5-7-18(28-4)16(11-14)13-25(3)15(2)21(26)24-22(27)23-17-6-8-19-20(12-17)30-10-9-29-19/h5-8,11-12,15H,9-10,13H2,1-4H3,(H2,23,24,26,27)/t15-/m1/s1. The van der Waals surface area contributed by atoms with E-state index < -0.39 is 18.0 Å². The van der Waals surface area contributed by atoms with Gasteiger partial charge in [-0.2, -0.15) is 0 Å². The van der Waals surface area contributed by atoms with Gasteiger partial charge in [-0.25, -0.2) is 4.79 Å². The summed E-state index contributed by atoms with van der Waals surface area (Å²) in [6.07, 6.45) is 0. The van der Waals surface area contributed by atoms with Crippen molar-refractivity contribution in [2.45, 2.75) is 26.4 Å². The highest BCUT2D eigenvalue weighted by molar-refractivity contribution is 6.02. The Morgan fingerprint density at radius 3 is 2.60 bits per heavy atom. The van der Waals surface area contributed by atoms with Crippen molar-refractivity contribution >= 4 is 17.6 Å². The molecule has 3 amide bonds. The van der Waals surface area contributed by atoms with Gasteiger partial charge in [-0.05, 0) is 39.1 Å². The third-order valence-electron chi connectivity index (χ3n) is 4.93. The molecule has 0 aliphatic carbocycles. The van der Waals surface area contributed by atoms with E-state index in [1.165, 1.54) is 0 Å². The molecule has 2 N–H and O–H groups in total. The summed E-state index contributed by atoms with van der Waals surface area (Å²) in [5.74, 6) is 1.55. The number of carbonyl (C=O) groups excluding carboxylic acids is 2. The maximum absolute atomic E-state index is 12.5. The molecule has 2 aromatic rings. The minimum atomic E-state index is -0.606. The molecular weight excluding hydrogens is 386 g/mol. The average Bonchev–Trinajstić information content (AvgIpc) is 2.73. The fraction of sp³-hybridized carbons (Fsp3) is 0.364. The van der Waals surface area contributed by atoms with Crippen molar-refractivity contribution in [3.05, 3.63) is 47.5 Å². The van der Waals surface area contributed by atoms with Crippen LogP contribution in [0, 0.1) is 6.92 Å². The second kappa shape index (κ2) is 9.49. The van der Waals surface area contributed by atoms with E-state index in [1.807, 2.05) is 37.1 Å². The van der Waals surface area contributed by atoms with Crippen molar-refractivity contribution in [2.75, 3.05) is 32.7 Å². The molecule has 2 aromatic carbocycles. The lowest BCUT2D eigenvalue weighted by Crippen LogP contribution is -2.46. The molecule has 1 atom stereocenters. The zero-order valence-corrected chi connectivity index (χ0v) is 17.7. The lowest BCUT2D eigenvalue weighted by molar-refractivity contribution is -0.124. The third kappa shape index (κ3) is 5.21. The highest BCUT2D eigenvalue weighted by Gasteiger charge is 2.22. The minimum absolute atomic E-state index is 0.404. The van der Waals surface area contributed by atoms with Gasteiger partial charge in [0.2, 0.25) is 5.91 Å². The molecule has 0 spiro atoms. The van der Waals surface area contributed by atoms with Crippen molar-refractivity contribution in [1.29, 1.82) is 0 Å². The fourth-order valence-electron chi connectivity index (χ4n) is 3.14. The Labute approximate surface area is 176 Å². The number of hydrogen-bond donors (Lipinski definition) is 2. The second-order valence-electron chi connectivity index (χ2n) is 7.21. The second-order valence-corrected chi connectivity index (χ2v) is 7.21. The number of imide groups is 1. The molecule has 0 saturated heterocycles. The molecule has 0 bridgehead atoms. The molecule has 160 valence electrons. The van der Waals surface area contributed by atoms with Crippen LogP contribution >= 0.6 is 0 Å².